The van der Waals surface area contributed by atoms with Crippen LogP contribution in [0.1, 0.15) is 4.88 Å². The Bertz CT molecular complexity index is 798. The van der Waals surface area contributed by atoms with Gasteiger partial charge in [-0.15, -0.1) is 23.1 Å². The Kier molecular flexibility index (Phi) is 4.82. The van der Waals surface area contributed by atoms with Gasteiger partial charge in [-0.05, 0) is 42.2 Å². The monoisotopic (exact) mass is 392 g/mol. The van der Waals surface area contributed by atoms with Gasteiger partial charge < -0.3 is 5.43 Å². The first-order chi connectivity index (χ1) is 11.7. The van der Waals surface area contributed by atoms with Crippen molar-refractivity contribution in [3.63, 3.8) is 0 Å². The van der Waals surface area contributed by atoms with Gasteiger partial charge in [0.25, 0.3) is 0 Å². The molecule has 0 fully saturated rings. The molecule has 1 aromatic carbocycles. The van der Waals surface area contributed by atoms with Crippen LogP contribution >= 0.6 is 23.1 Å². The van der Waals surface area contributed by atoms with E-state index in [-0.39, 0.29) is 5.70 Å². The molecule has 0 saturated carbocycles. The van der Waals surface area contributed by atoms with Gasteiger partial charge in [-0.2, -0.15) is 22.0 Å². The second-order valence-corrected chi connectivity index (χ2v) is 7.31. The molecule has 0 amide bonds. The van der Waals surface area contributed by atoms with Crippen molar-refractivity contribution < 1.29 is 22.0 Å². The zero-order valence-electron chi connectivity index (χ0n) is 12.8. The van der Waals surface area contributed by atoms with Gasteiger partial charge in [0, 0.05) is 9.77 Å². The molecule has 134 valence electrons. The lowest BCUT2D eigenvalue weighted by Gasteiger charge is -2.23. The molecule has 9 heteroatoms. The lowest BCUT2D eigenvalue weighted by atomic mass is 10.1. The van der Waals surface area contributed by atoms with E-state index in [1.54, 1.807) is 17.8 Å². The molecule has 0 spiro atoms. The van der Waals surface area contributed by atoms with Gasteiger partial charge in [-0.3, -0.25) is 0 Å². The molecule has 2 N–H and O–H groups in total. The predicted molar refractivity (Wildman–Crippen MR) is 90.6 cm³/mol. The van der Waals surface area contributed by atoms with Crippen molar-refractivity contribution in [2.45, 2.75) is 23.0 Å². The molecule has 3 rings (SSSR count). The van der Waals surface area contributed by atoms with E-state index in [4.69, 9.17) is 0 Å². The first-order valence-electron chi connectivity index (χ1n) is 7.15. The van der Waals surface area contributed by atoms with Crippen LogP contribution in [0.3, 0.4) is 0 Å². The molecule has 0 saturated heterocycles. The van der Waals surface area contributed by atoms with Crippen molar-refractivity contribution in [3.8, 4) is 10.4 Å². The molecule has 2 nitrogen and oxygen atoms in total. The number of hydrazine groups is 1. The summed E-state index contributed by atoms with van der Waals surface area (Å²) < 4.78 is 64.2. The molecule has 2 heterocycles. The minimum atomic E-state index is -5.61. The average molecular weight is 392 g/mol. The van der Waals surface area contributed by atoms with Gasteiger partial charge in [0.15, 0.2) is 0 Å². The number of nitrogens with one attached hydrogen (secondary N) is 2. The molecule has 25 heavy (non-hydrogen) atoms. The van der Waals surface area contributed by atoms with Gasteiger partial charge in [0.05, 0.1) is 10.6 Å². The third-order valence-electron chi connectivity index (χ3n) is 3.69. The fourth-order valence-electron chi connectivity index (χ4n) is 2.33. The zero-order valence-corrected chi connectivity index (χ0v) is 14.5. The van der Waals surface area contributed by atoms with Crippen LogP contribution in [0.15, 0.2) is 47.4 Å². The number of hydrogen-bond donors (Lipinski definition) is 2. The maximum absolute atomic E-state index is 13.4. The van der Waals surface area contributed by atoms with E-state index < -0.39 is 18.1 Å². The Morgan fingerprint density at radius 2 is 1.76 bits per heavy atom. The largest absolute Gasteiger partial charge is 0.455 e. The van der Waals surface area contributed by atoms with Crippen LogP contribution in [0.5, 0.6) is 0 Å². The standard InChI is InChI=1S/C16H13F5N2S2/c1-24-10-4-2-3-9(7-10)12-5-6-13(25-12)11-8-14(23-22-11)15(17,18)16(19,20)21/h2-8,14,22-23H,1H3. The van der Waals surface area contributed by atoms with Crippen LogP contribution in [0.2, 0.25) is 0 Å². The first-order valence-corrected chi connectivity index (χ1v) is 9.19. The van der Waals surface area contributed by atoms with Crippen LogP contribution < -0.4 is 10.9 Å². The Morgan fingerprint density at radius 3 is 2.44 bits per heavy atom. The minimum Gasteiger partial charge on any atom is -0.320 e. The fourth-order valence-corrected chi connectivity index (χ4v) is 3.78. The van der Waals surface area contributed by atoms with Gasteiger partial charge in [0.2, 0.25) is 0 Å². The van der Waals surface area contributed by atoms with Crippen LogP contribution in [0, 0.1) is 0 Å². The fraction of sp³-hybridized carbons (Fsp3) is 0.250. The molecule has 1 aliphatic heterocycles. The van der Waals surface area contributed by atoms with Gasteiger partial charge in [-0.1, -0.05) is 12.1 Å². The molecule has 2 aromatic rings. The summed E-state index contributed by atoms with van der Waals surface area (Å²) in [5.74, 6) is -4.85. The topological polar surface area (TPSA) is 24.1 Å². The smallest absolute Gasteiger partial charge is 0.320 e. The Morgan fingerprint density at radius 1 is 1.04 bits per heavy atom. The third-order valence-corrected chi connectivity index (χ3v) is 5.58. The number of alkyl halides is 5. The van der Waals surface area contributed by atoms with Crippen molar-refractivity contribution in [3.05, 3.63) is 47.4 Å². The molecule has 1 aliphatic rings. The van der Waals surface area contributed by atoms with Crippen LogP contribution in [0.25, 0.3) is 16.1 Å². The predicted octanol–water partition coefficient (Wildman–Crippen LogP) is 5.15. The van der Waals surface area contributed by atoms with Crippen LogP contribution in [0.4, 0.5) is 22.0 Å². The van der Waals surface area contributed by atoms with E-state index >= 15 is 0 Å². The lowest BCUT2D eigenvalue weighted by molar-refractivity contribution is -0.287. The van der Waals surface area contributed by atoms with E-state index in [0.717, 1.165) is 21.4 Å². The van der Waals surface area contributed by atoms with E-state index in [0.29, 0.717) is 4.88 Å². The van der Waals surface area contributed by atoms with E-state index in [9.17, 15) is 22.0 Å². The van der Waals surface area contributed by atoms with Crippen LogP contribution in [-0.4, -0.2) is 24.4 Å². The number of hydrogen-bond acceptors (Lipinski definition) is 4. The Balaban J connectivity index is 1.84. The quantitative estimate of drug-likeness (QED) is 0.556. The summed E-state index contributed by atoms with van der Waals surface area (Å²) in [5.41, 5.74) is 5.61. The molecular formula is C16H13F5N2S2. The summed E-state index contributed by atoms with van der Waals surface area (Å²) in [7, 11) is 0. The van der Waals surface area contributed by atoms with Crippen molar-refractivity contribution in [1.29, 1.82) is 0 Å². The molecule has 1 aromatic heterocycles. The van der Waals surface area contributed by atoms with Crippen molar-refractivity contribution in [2.75, 3.05) is 6.26 Å². The number of thioether (sulfide) groups is 1. The van der Waals surface area contributed by atoms with E-state index in [1.165, 1.54) is 11.3 Å². The average Bonchev–Trinajstić information content (AvgIpc) is 3.23. The van der Waals surface area contributed by atoms with Gasteiger partial charge >= 0.3 is 12.1 Å². The maximum Gasteiger partial charge on any atom is 0.455 e. The normalized spacial score (nSPS) is 18.2. The SMILES string of the molecule is CSc1cccc(-c2ccc(C3=CC(C(F)(F)C(F)(F)F)NN3)s2)c1. The summed E-state index contributed by atoms with van der Waals surface area (Å²) in [6.07, 6.45) is -2.78. The summed E-state index contributed by atoms with van der Waals surface area (Å²) in [6.45, 7) is 0. The number of benzene rings is 1. The molecule has 1 atom stereocenters. The lowest BCUT2D eigenvalue weighted by Crippen LogP contribution is -2.53. The second-order valence-electron chi connectivity index (χ2n) is 5.34. The highest BCUT2D eigenvalue weighted by Gasteiger charge is 2.62. The number of thiophene rings is 1. The summed E-state index contributed by atoms with van der Waals surface area (Å²) in [6, 6.07) is 9.16. The Hall–Kier alpha value is -1.58. The van der Waals surface area contributed by atoms with Crippen molar-refractivity contribution in [2.24, 2.45) is 0 Å². The van der Waals surface area contributed by atoms with E-state index in [1.807, 2.05) is 42.0 Å². The molecule has 1 unspecified atom stereocenters. The van der Waals surface area contributed by atoms with Crippen LogP contribution in [-0.2, 0) is 0 Å². The molecular weight excluding hydrogens is 379 g/mol. The van der Waals surface area contributed by atoms with E-state index in [2.05, 4.69) is 5.43 Å². The first kappa shape index (κ1) is 18.2. The van der Waals surface area contributed by atoms with Gasteiger partial charge in [0.1, 0.15) is 6.04 Å². The van der Waals surface area contributed by atoms with Crippen molar-refractivity contribution >= 4 is 28.8 Å². The minimum absolute atomic E-state index is 0.214. The summed E-state index contributed by atoms with van der Waals surface area (Å²) in [5, 5.41) is 0. The zero-order chi connectivity index (χ0) is 18.2. The summed E-state index contributed by atoms with van der Waals surface area (Å²) >= 11 is 2.91. The number of halogens is 5. The highest BCUT2D eigenvalue weighted by molar-refractivity contribution is 7.98. The number of rotatable bonds is 4. The second kappa shape index (κ2) is 6.62. The third kappa shape index (κ3) is 3.54. The Labute approximate surface area is 149 Å². The molecule has 0 radical (unpaired) electrons. The van der Waals surface area contributed by atoms with Crippen molar-refractivity contribution in [1.82, 2.24) is 10.9 Å². The van der Waals surface area contributed by atoms with Gasteiger partial charge in [-0.25, -0.2) is 5.43 Å². The highest BCUT2D eigenvalue weighted by atomic mass is 32.2. The molecule has 0 bridgehead atoms. The molecule has 0 aliphatic carbocycles. The maximum atomic E-state index is 13.4. The summed E-state index contributed by atoms with van der Waals surface area (Å²) in [4.78, 5) is 2.56. The highest BCUT2D eigenvalue weighted by Crippen LogP contribution is 2.41.